The van der Waals surface area contributed by atoms with Gasteiger partial charge in [0.1, 0.15) is 3.57 Å². The lowest BCUT2D eigenvalue weighted by molar-refractivity contribution is -0.146. The Morgan fingerprint density at radius 1 is 1.20 bits per heavy atom. The maximum absolute atomic E-state index is 13.0. The van der Waals surface area contributed by atoms with Gasteiger partial charge < -0.3 is 0 Å². The number of aromatic nitrogens is 2. The van der Waals surface area contributed by atoms with Crippen molar-refractivity contribution in [2.45, 2.75) is 32.5 Å². The number of hydrogen-bond donors (Lipinski definition) is 0. The minimum absolute atomic E-state index is 0.491. The molecule has 0 aliphatic heterocycles. The molecule has 0 atom stereocenters. The van der Waals surface area contributed by atoms with E-state index in [4.69, 9.17) is 0 Å². The third-order valence-corrected chi connectivity index (χ3v) is 2.65. The normalized spacial score (nSPS) is 13.3. The highest BCUT2D eigenvalue weighted by atomic mass is 127. The predicted octanol–water partition coefficient (Wildman–Crippen LogP) is 3.40. The van der Waals surface area contributed by atoms with E-state index in [1.165, 1.54) is 43.4 Å². The average Bonchev–Trinajstić information content (AvgIpc) is 2.25. The molecule has 1 heterocycles. The van der Waals surface area contributed by atoms with Crippen molar-refractivity contribution < 1.29 is 17.6 Å². The molecule has 1 aromatic rings. The average molecular weight is 336 g/mol. The Labute approximate surface area is 97.8 Å². The van der Waals surface area contributed by atoms with Crippen molar-refractivity contribution in [2.75, 3.05) is 0 Å². The van der Waals surface area contributed by atoms with Crippen LogP contribution >= 0.6 is 22.6 Å². The van der Waals surface area contributed by atoms with Gasteiger partial charge in [0, 0.05) is 0 Å². The minimum atomic E-state index is -4.60. The third kappa shape index (κ3) is 2.43. The molecule has 0 aliphatic rings. The van der Waals surface area contributed by atoms with E-state index in [-0.39, 0.29) is 0 Å². The van der Waals surface area contributed by atoms with Gasteiger partial charge in [-0.2, -0.15) is 17.6 Å². The molecule has 0 spiro atoms. The van der Waals surface area contributed by atoms with Crippen LogP contribution in [0.2, 0.25) is 0 Å². The summed E-state index contributed by atoms with van der Waals surface area (Å²) in [5.41, 5.74) is -1.94. The maximum atomic E-state index is 13.0. The number of nitrogens with zero attached hydrogens (tertiary/aromatic N) is 2. The van der Waals surface area contributed by atoms with Gasteiger partial charge in [0.2, 0.25) is 5.95 Å². The van der Waals surface area contributed by atoms with Crippen molar-refractivity contribution in [1.82, 2.24) is 9.78 Å². The second-order valence-electron chi connectivity index (χ2n) is 4.03. The molecule has 0 amide bonds. The summed E-state index contributed by atoms with van der Waals surface area (Å²) in [7, 11) is 0. The molecular weight excluding hydrogens is 327 g/mol. The molecule has 0 saturated heterocycles. The first-order valence-electron chi connectivity index (χ1n) is 4.07. The highest BCUT2D eigenvalue weighted by Gasteiger charge is 2.42. The van der Waals surface area contributed by atoms with Crippen LogP contribution in [0.5, 0.6) is 0 Å². The Balaban J connectivity index is 3.48. The van der Waals surface area contributed by atoms with E-state index < -0.39 is 26.9 Å². The van der Waals surface area contributed by atoms with Crippen LogP contribution in [0.25, 0.3) is 0 Å². The predicted molar refractivity (Wildman–Crippen MR) is 54.9 cm³/mol. The standard InChI is InChI=1S/C8H9F4IN2/c1-7(2,3)15-5(8(10,11)12)4(13)6(9)14-15/h1-3H3. The fourth-order valence-electron chi connectivity index (χ4n) is 1.10. The van der Waals surface area contributed by atoms with Crippen LogP contribution in [0.1, 0.15) is 26.5 Å². The van der Waals surface area contributed by atoms with Gasteiger partial charge in [-0.3, -0.25) is 4.68 Å². The molecule has 15 heavy (non-hydrogen) atoms. The zero-order chi connectivity index (χ0) is 12.0. The van der Waals surface area contributed by atoms with E-state index in [9.17, 15) is 17.6 Å². The molecule has 0 saturated carbocycles. The van der Waals surface area contributed by atoms with Gasteiger partial charge in [0.25, 0.3) is 0 Å². The number of alkyl halides is 3. The third-order valence-electron chi connectivity index (χ3n) is 1.69. The van der Waals surface area contributed by atoms with Crippen LogP contribution in [0, 0.1) is 9.52 Å². The molecule has 1 rings (SSSR count). The molecular formula is C8H9F4IN2. The molecule has 0 radical (unpaired) electrons. The Hall–Kier alpha value is -0.340. The van der Waals surface area contributed by atoms with Gasteiger partial charge in [-0.15, -0.1) is 5.10 Å². The van der Waals surface area contributed by atoms with Crippen LogP contribution in [0.15, 0.2) is 0 Å². The largest absolute Gasteiger partial charge is 0.434 e. The van der Waals surface area contributed by atoms with Crippen molar-refractivity contribution >= 4 is 22.6 Å². The molecule has 86 valence electrons. The van der Waals surface area contributed by atoms with Crippen LogP contribution in [-0.4, -0.2) is 9.78 Å². The molecule has 1 aromatic heterocycles. The lowest BCUT2D eigenvalue weighted by atomic mass is 10.1. The van der Waals surface area contributed by atoms with Gasteiger partial charge in [0.05, 0.1) is 5.54 Å². The van der Waals surface area contributed by atoms with E-state index in [2.05, 4.69) is 5.10 Å². The molecule has 0 bridgehead atoms. The second-order valence-corrected chi connectivity index (χ2v) is 5.11. The SMILES string of the molecule is CC(C)(C)n1nc(F)c(I)c1C(F)(F)F. The van der Waals surface area contributed by atoms with Crippen molar-refractivity contribution in [3.8, 4) is 0 Å². The highest BCUT2D eigenvalue weighted by molar-refractivity contribution is 14.1. The van der Waals surface area contributed by atoms with Gasteiger partial charge >= 0.3 is 6.18 Å². The number of halogens is 5. The molecule has 0 unspecified atom stereocenters. The summed E-state index contributed by atoms with van der Waals surface area (Å²) >= 11 is 1.31. The smallest absolute Gasteiger partial charge is 0.251 e. The molecule has 0 aromatic carbocycles. The fourth-order valence-corrected chi connectivity index (χ4v) is 1.74. The summed E-state index contributed by atoms with van der Waals surface area (Å²) in [6, 6.07) is 0. The van der Waals surface area contributed by atoms with Gasteiger partial charge in [-0.05, 0) is 43.4 Å². The van der Waals surface area contributed by atoms with E-state index in [0.29, 0.717) is 4.68 Å². The van der Waals surface area contributed by atoms with Crippen molar-refractivity contribution in [3.05, 3.63) is 15.2 Å². The van der Waals surface area contributed by atoms with E-state index in [1.54, 1.807) is 0 Å². The summed E-state index contributed by atoms with van der Waals surface area (Å²) in [5.74, 6) is -1.09. The Morgan fingerprint density at radius 3 is 1.93 bits per heavy atom. The first-order valence-corrected chi connectivity index (χ1v) is 5.14. The number of hydrogen-bond acceptors (Lipinski definition) is 1. The summed E-state index contributed by atoms with van der Waals surface area (Å²) in [4.78, 5) is 0. The van der Waals surface area contributed by atoms with Gasteiger partial charge in [-0.1, -0.05) is 0 Å². The zero-order valence-electron chi connectivity index (χ0n) is 8.28. The van der Waals surface area contributed by atoms with E-state index in [0.717, 1.165) is 0 Å². The summed E-state index contributed by atoms with van der Waals surface area (Å²) in [6.45, 7) is 4.60. The molecule has 0 aliphatic carbocycles. The lowest BCUT2D eigenvalue weighted by Crippen LogP contribution is -2.29. The van der Waals surface area contributed by atoms with Crippen LogP contribution in [-0.2, 0) is 11.7 Å². The lowest BCUT2D eigenvalue weighted by Gasteiger charge is -2.23. The molecule has 2 nitrogen and oxygen atoms in total. The van der Waals surface area contributed by atoms with Crippen molar-refractivity contribution in [2.24, 2.45) is 0 Å². The molecule has 0 N–H and O–H groups in total. The van der Waals surface area contributed by atoms with Crippen LogP contribution < -0.4 is 0 Å². The van der Waals surface area contributed by atoms with E-state index in [1.807, 2.05) is 0 Å². The van der Waals surface area contributed by atoms with Gasteiger partial charge in [-0.25, -0.2) is 0 Å². The Bertz CT molecular complexity index is 375. The maximum Gasteiger partial charge on any atom is 0.434 e. The molecule has 7 heteroatoms. The summed E-state index contributed by atoms with van der Waals surface area (Å²) in [5, 5.41) is 3.27. The first kappa shape index (κ1) is 12.7. The van der Waals surface area contributed by atoms with Crippen molar-refractivity contribution in [1.29, 1.82) is 0 Å². The zero-order valence-corrected chi connectivity index (χ0v) is 10.4. The van der Waals surface area contributed by atoms with Crippen LogP contribution in [0.3, 0.4) is 0 Å². The van der Waals surface area contributed by atoms with E-state index >= 15 is 0 Å². The number of rotatable bonds is 0. The second kappa shape index (κ2) is 3.60. The van der Waals surface area contributed by atoms with Gasteiger partial charge in [0.15, 0.2) is 5.69 Å². The quantitative estimate of drug-likeness (QED) is 0.525. The topological polar surface area (TPSA) is 17.8 Å². The summed E-state index contributed by atoms with van der Waals surface area (Å²) in [6.07, 6.45) is -4.60. The minimum Gasteiger partial charge on any atom is -0.251 e. The highest BCUT2D eigenvalue weighted by Crippen LogP contribution is 2.36. The fraction of sp³-hybridized carbons (Fsp3) is 0.625. The van der Waals surface area contributed by atoms with Crippen molar-refractivity contribution in [3.63, 3.8) is 0 Å². The Morgan fingerprint density at radius 2 is 1.67 bits per heavy atom. The Kier molecular flexibility index (Phi) is 3.05. The first-order chi connectivity index (χ1) is 6.55. The monoisotopic (exact) mass is 336 g/mol. The van der Waals surface area contributed by atoms with Crippen LogP contribution in [0.4, 0.5) is 17.6 Å². The summed E-state index contributed by atoms with van der Waals surface area (Å²) < 4.78 is 51.1. The molecule has 0 fully saturated rings.